The van der Waals surface area contributed by atoms with Gasteiger partial charge in [-0.15, -0.1) is 11.3 Å². The summed E-state index contributed by atoms with van der Waals surface area (Å²) in [7, 11) is 0. The molecule has 1 amide bonds. The molecule has 0 aliphatic rings. The Hall–Kier alpha value is -3.32. The number of nitrogens with one attached hydrogen (secondary N) is 2. The minimum Gasteiger partial charge on any atom is -0.487 e. The van der Waals surface area contributed by atoms with Crippen LogP contribution >= 0.6 is 61.5 Å². The van der Waals surface area contributed by atoms with Crippen molar-refractivity contribution in [3.63, 3.8) is 0 Å². The van der Waals surface area contributed by atoms with Gasteiger partial charge in [0.25, 0.3) is 5.91 Å². The van der Waals surface area contributed by atoms with E-state index < -0.39 is 0 Å². The Morgan fingerprint density at radius 1 is 1.07 bits per heavy atom. The Morgan fingerprint density at radius 2 is 1.80 bits per heavy atom. The topological polar surface area (TPSA) is 75.6 Å². The molecule has 206 valence electrons. The molecule has 0 saturated heterocycles. The number of ether oxygens (including phenoxy) is 1. The van der Waals surface area contributed by atoms with E-state index in [9.17, 15) is 9.18 Å². The maximum Gasteiger partial charge on any atom is 0.271 e. The van der Waals surface area contributed by atoms with Crippen LogP contribution < -0.4 is 15.5 Å². The lowest BCUT2D eigenvalue weighted by molar-refractivity contribution is 0.0955. The number of anilines is 2. The molecule has 0 spiro atoms. The fraction of sp³-hybridized carbons (Fsp3) is 0.0333. The minimum atomic E-state index is -0.329. The van der Waals surface area contributed by atoms with Gasteiger partial charge in [-0.1, -0.05) is 35.9 Å². The summed E-state index contributed by atoms with van der Waals surface area (Å²) in [5.74, 6) is 0.0548. The average Bonchev–Trinajstić information content (AvgIpc) is 3.43. The Bertz CT molecular complexity index is 1670. The Morgan fingerprint density at radius 3 is 2.51 bits per heavy atom. The van der Waals surface area contributed by atoms with Crippen LogP contribution in [0.2, 0.25) is 5.02 Å². The number of carbonyl (C=O) groups is 1. The van der Waals surface area contributed by atoms with Gasteiger partial charge in [-0.2, -0.15) is 5.10 Å². The summed E-state index contributed by atoms with van der Waals surface area (Å²) in [4.78, 5) is 17.3. The van der Waals surface area contributed by atoms with Crippen molar-refractivity contribution < 1.29 is 13.9 Å². The second kappa shape index (κ2) is 13.6. The number of hydrazone groups is 1. The van der Waals surface area contributed by atoms with Crippen LogP contribution in [0.4, 0.5) is 15.2 Å². The molecule has 0 aliphatic carbocycles. The first-order chi connectivity index (χ1) is 19.8. The number of rotatable bonds is 9. The summed E-state index contributed by atoms with van der Waals surface area (Å²) in [5.41, 5.74) is 7.27. The van der Waals surface area contributed by atoms with E-state index >= 15 is 0 Å². The fourth-order valence-electron chi connectivity index (χ4n) is 3.67. The lowest BCUT2D eigenvalue weighted by Gasteiger charge is -2.11. The van der Waals surface area contributed by atoms with Gasteiger partial charge in [-0.05, 0) is 110 Å². The van der Waals surface area contributed by atoms with Crippen molar-refractivity contribution in [1.82, 2.24) is 10.4 Å². The van der Waals surface area contributed by atoms with Gasteiger partial charge in [-0.3, -0.25) is 4.79 Å². The predicted octanol–water partition coefficient (Wildman–Crippen LogP) is 9.06. The second-order valence-electron chi connectivity index (χ2n) is 8.68. The zero-order valence-electron chi connectivity index (χ0n) is 21.1. The average molecular weight is 762 g/mol. The van der Waals surface area contributed by atoms with E-state index in [0.29, 0.717) is 22.9 Å². The maximum atomic E-state index is 13.1. The standard InChI is InChI=1S/C30H20BrClFIN4O2S/c31-25-13-19(14-26(34)28(25)40-16-18-1-9-23(33)10-2-18)15-35-38-29(39)21-5-3-20(4-6-21)27-17-41-30(37-27)36-24-11-7-22(32)8-12-24/h1-15,17H,16H2,(H,36,37)(H,38,39)/b35-15-. The van der Waals surface area contributed by atoms with Crippen LogP contribution in [0.5, 0.6) is 5.75 Å². The summed E-state index contributed by atoms with van der Waals surface area (Å²) in [6.45, 7) is 0.307. The first kappa shape index (κ1) is 29.2. The van der Waals surface area contributed by atoms with Gasteiger partial charge in [0, 0.05) is 27.2 Å². The molecule has 0 unspecified atom stereocenters. The Kier molecular flexibility index (Phi) is 9.65. The monoisotopic (exact) mass is 760 g/mol. The van der Waals surface area contributed by atoms with E-state index in [0.717, 1.165) is 41.2 Å². The maximum absolute atomic E-state index is 13.1. The molecular formula is C30H20BrClFIN4O2S. The molecule has 1 heterocycles. The predicted molar refractivity (Wildman–Crippen MR) is 175 cm³/mol. The van der Waals surface area contributed by atoms with Crippen molar-refractivity contribution in [1.29, 1.82) is 0 Å². The molecule has 1 aromatic heterocycles. The van der Waals surface area contributed by atoms with E-state index in [-0.39, 0.29) is 11.7 Å². The molecule has 0 fully saturated rings. The number of thiazole rings is 1. The number of hydrogen-bond acceptors (Lipinski definition) is 6. The minimum absolute atomic E-state index is 0.286. The van der Waals surface area contributed by atoms with Gasteiger partial charge >= 0.3 is 0 Å². The molecule has 0 atom stereocenters. The van der Waals surface area contributed by atoms with Crippen LogP contribution in [-0.2, 0) is 6.61 Å². The zero-order valence-corrected chi connectivity index (χ0v) is 26.4. The highest BCUT2D eigenvalue weighted by Crippen LogP contribution is 2.32. The number of aromatic nitrogens is 1. The van der Waals surface area contributed by atoms with Gasteiger partial charge in [-0.25, -0.2) is 14.8 Å². The largest absolute Gasteiger partial charge is 0.487 e. The lowest BCUT2D eigenvalue weighted by atomic mass is 10.1. The first-order valence-electron chi connectivity index (χ1n) is 12.1. The van der Waals surface area contributed by atoms with Gasteiger partial charge in [0.15, 0.2) is 5.13 Å². The van der Waals surface area contributed by atoms with Gasteiger partial charge < -0.3 is 10.1 Å². The zero-order chi connectivity index (χ0) is 28.8. The van der Waals surface area contributed by atoms with Crippen molar-refractivity contribution in [2.45, 2.75) is 6.61 Å². The molecule has 5 rings (SSSR count). The SMILES string of the molecule is O=C(N/N=C\c1cc(Br)c(OCc2ccc(F)cc2)c(I)c1)c1ccc(-c2csc(Nc3ccc(Cl)cc3)n2)cc1. The quantitative estimate of drug-likeness (QED) is 0.0894. The third kappa shape index (κ3) is 7.91. The molecular weight excluding hydrogens is 742 g/mol. The van der Waals surface area contributed by atoms with Crippen molar-refractivity contribution in [2.24, 2.45) is 5.10 Å². The third-order valence-corrected chi connectivity index (χ3v) is 8.14. The van der Waals surface area contributed by atoms with Crippen LogP contribution in [0.1, 0.15) is 21.5 Å². The smallest absolute Gasteiger partial charge is 0.271 e. The van der Waals surface area contributed by atoms with E-state index in [1.54, 1.807) is 30.5 Å². The highest BCUT2D eigenvalue weighted by atomic mass is 127. The molecule has 41 heavy (non-hydrogen) atoms. The molecule has 11 heteroatoms. The lowest BCUT2D eigenvalue weighted by Crippen LogP contribution is -2.17. The van der Waals surface area contributed by atoms with Crippen molar-refractivity contribution in [3.8, 4) is 17.0 Å². The summed E-state index contributed by atoms with van der Waals surface area (Å²) in [6, 6.07) is 24.5. The highest BCUT2D eigenvalue weighted by Gasteiger charge is 2.11. The van der Waals surface area contributed by atoms with E-state index in [1.807, 2.05) is 53.9 Å². The highest BCUT2D eigenvalue weighted by molar-refractivity contribution is 14.1. The van der Waals surface area contributed by atoms with Crippen molar-refractivity contribution >= 4 is 84.4 Å². The number of benzene rings is 4. The van der Waals surface area contributed by atoms with Gasteiger partial charge in [0.05, 0.1) is 20.0 Å². The first-order valence-corrected chi connectivity index (χ1v) is 15.3. The summed E-state index contributed by atoms with van der Waals surface area (Å²) in [6.07, 6.45) is 1.56. The number of hydrogen-bond donors (Lipinski definition) is 2. The van der Waals surface area contributed by atoms with Crippen LogP contribution in [-0.4, -0.2) is 17.1 Å². The summed E-state index contributed by atoms with van der Waals surface area (Å²) in [5, 5.41) is 10.8. The second-order valence-corrected chi connectivity index (χ2v) is 12.0. The summed E-state index contributed by atoms with van der Waals surface area (Å²) >= 11 is 13.1. The number of halogens is 4. The van der Waals surface area contributed by atoms with Crippen molar-refractivity contribution in [3.05, 3.63) is 126 Å². The van der Waals surface area contributed by atoms with Crippen molar-refractivity contribution in [2.75, 3.05) is 5.32 Å². The molecule has 4 aromatic carbocycles. The van der Waals surface area contributed by atoms with E-state index in [2.05, 4.69) is 59.3 Å². The third-order valence-electron chi connectivity index (χ3n) is 5.74. The summed E-state index contributed by atoms with van der Waals surface area (Å²) < 4.78 is 20.6. The fourth-order valence-corrected chi connectivity index (χ4v) is 6.31. The van der Waals surface area contributed by atoms with Crippen LogP contribution in [0, 0.1) is 9.39 Å². The van der Waals surface area contributed by atoms with Crippen LogP contribution in [0.25, 0.3) is 11.3 Å². The molecule has 6 nitrogen and oxygen atoms in total. The van der Waals surface area contributed by atoms with Gasteiger partial charge in [0.1, 0.15) is 18.2 Å². The Labute approximate surface area is 266 Å². The number of nitrogens with zero attached hydrogens (tertiary/aromatic N) is 2. The normalized spacial score (nSPS) is 11.0. The molecule has 5 aromatic rings. The van der Waals surface area contributed by atoms with Crippen LogP contribution in [0.15, 0.2) is 99.9 Å². The number of carbonyl (C=O) groups excluding carboxylic acids is 1. The van der Waals surface area contributed by atoms with Crippen LogP contribution in [0.3, 0.4) is 0 Å². The van der Waals surface area contributed by atoms with E-state index in [4.69, 9.17) is 16.3 Å². The molecule has 0 aliphatic heterocycles. The van der Waals surface area contributed by atoms with E-state index in [1.165, 1.54) is 23.5 Å². The molecule has 0 saturated carbocycles. The molecule has 0 radical (unpaired) electrons. The number of amides is 1. The Balaban J connectivity index is 1.16. The molecule has 0 bridgehead atoms. The van der Waals surface area contributed by atoms with Gasteiger partial charge in [0.2, 0.25) is 0 Å². The molecule has 2 N–H and O–H groups in total.